The van der Waals surface area contributed by atoms with Crippen LogP contribution in [0, 0.1) is 5.41 Å². The maximum atomic E-state index is 4.42. The molecule has 0 saturated carbocycles. The molecule has 0 aliphatic carbocycles. The fourth-order valence-corrected chi connectivity index (χ4v) is 8.24. The van der Waals surface area contributed by atoms with Gasteiger partial charge in [-0.25, -0.2) is 9.97 Å². The van der Waals surface area contributed by atoms with Crippen molar-refractivity contribution >= 4 is 0 Å². The summed E-state index contributed by atoms with van der Waals surface area (Å²) in [6, 6.07) is 7.22. The molecule has 1 saturated heterocycles. The van der Waals surface area contributed by atoms with Crippen molar-refractivity contribution in [3.63, 3.8) is 0 Å². The number of aromatic nitrogens is 7. The third-order valence-corrected chi connectivity index (χ3v) is 11.6. The number of imidazole rings is 2. The van der Waals surface area contributed by atoms with Crippen molar-refractivity contribution in [3.8, 4) is 0 Å². The summed E-state index contributed by atoms with van der Waals surface area (Å²) in [6.45, 7) is 88.4. The van der Waals surface area contributed by atoms with Gasteiger partial charge in [0, 0.05) is 97.9 Å². The quantitative estimate of drug-likeness (QED) is 0.176. The molecule has 1 aliphatic rings. The predicted molar refractivity (Wildman–Crippen MR) is 342 cm³/mol. The Morgan fingerprint density at radius 2 is 0.827 bits per heavy atom. The molecule has 1 atom stereocenters. The molecule has 1 unspecified atom stereocenters. The normalized spacial score (nSPS) is 14.3. The minimum atomic E-state index is 0.0755. The SMILES string of the molecule is CC.CC.CC.CC.CC.CC(C)(C)C1CCCN1C(C)(C)C.CC(C)(C)c1cccn1C(C)(C)C.CC(C)(C)c1ccnn1C(C)(C)C.CC(C)(C)c1cncn1C(C)(C)C.CC(C)(C)c1nccn1C(C)(C)C. The van der Waals surface area contributed by atoms with Crippen LogP contribution < -0.4 is 0 Å². The minimum Gasteiger partial charge on any atom is -0.346 e. The second kappa shape index (κ2) is 33.3. The van der Waals surface area contributed by atoms with Gasteiger partial charge >= 0.3 is 0 Å². The minimum absolute atomic E-state index is 0.0755. The highest BCUT2D eigenvalue weighted by Crippen LogP contribution is 2.37. The van der Waals surface area contributed by atoms with Crippen molar-refractivity contribution in [2.24, 2.45) is 5.41 Å². The van der Waals surface area contributed by atoms with Crippen LogP contribution in [0.4, 0.5) is 0 Å². The maximum absolute atomic E-state index is 4.42. The molecule has 4 aromatic rings. The van der Waals surface area contributed by atoms with Crippen LogP contribution in [0.1, 0.15) is 313 Å². The lowest BCUT2D eigenvalue weighted by atomic mass is 9.83. The van der Waals surface area contributed by atoms with Gasteiger partial charge in [0.1, 0.15) is 5.82 Å². The van der Waals surface area contributed by atoms with Gasteiger partial charge in [-0.3, -0.25) is 9.58 Å². The molecule has 0 spiro atoms. The zero-order valence-corrected chi connectivity index (χ0v) is 58.5. The fraction of sp³-hybridized carbons (Fsp3) is 0.806. The van der Waals surface area contributed by atoms with E-state index >= 15 is 0 Å². The summed E-state index contributed by atoms with van der Waals surface area (Å²) in [5.41, 5.74) is 5.97. The van der Waals surface area contributed by atoms with Gasteiger partial charge in [-0.1, -0.05) is 173 Å². The van der Waals surface area contributed by atoms with Gasteiger partial charge in [0.05, 0.1) is 11.9 Å². The Hall–Kier alpha value is -3.13. The summed E-state index contributed by atoms with van der Waals surface area (Å²) in [7, 11) is 0. The standard InChI is InChI=1S/C12H25N.C12H21N.3C11H20N2.5C2H6/c2*1-11(2,3)10-8-7-9-13(10)12(4,5)6;1-10(2,3)9-7-12-8-13(9)11(4,5)6;1-10(2,3)9-12-7-8-13(9)11(4,5)6;1-10(2,3)9-7-8-12-13(9)11(4,5)6;5*1-2/h10H,7-9H2,1-6H3;7-9H,1-6H3;3*7-8H,1-6H3;5*1-2H3. The molecule has 0 amide bonds. The van der Waals surface area contributed by atoms with Gasteiger partial charge in [0.2, 0.25) is 0 Å². The van der Waals surface area contributed by atoms with E-state index in [9.17, 15) is 0 Å². The van der Waals surface area contributed by atoms with Crippen LogP contribution in [0.25, 0.3) is 0 Å². The predicted octanol–water partition coefficient (Wildman–Crippen LogP) is 20.8. The number of likely N-dealkylation sites (tertiary alicyclic amines) is 1. The summed E-state index contributed by atoms with van der Waals surface area (Å²) in [4.78, 5) is 11.3. The van der Waals surface area contributed by atoms with Crippen LogP contribution in [0.5, 0.6) is 0 Å². The molecule has 8 heteroatoms. The first-order valence-electron chi connectivity index (χ1n) is 29.7. The molecule has 5 heterocycles. The Kier molecular flexibility index (Phi) is 35.9. The van der Waals surface area contributed by atoms with Crippen LogP contribution >= 0.6 is 0 Å². The molecule has 75 heavy (non-hydrogen) atoms. The Morgan fingerprint density at radius 3 is 1.09 bits per heavy atom. The van der Waals surface area contributed by atoms with Gasteiger partial charge in [-0.2, -0.15) is 5.10 Å². The number of hydrogen-bond acceptors (Lipinski definition) is 4. The van der Waals surface area contributed by atoms with E-state index in [1.165, 1.54) is 36.5 Å². The molecular weight excluding hydrogens is 917 g/mol. The lowest BCUT2D eigenvalue weighted by Crippen LogP contribution is -2.49. The number of hydrogen-bond donors (Lipinski definition) is 0. The molecule has 0 aromatic carbocycles. The highest BCUT2D eigenvalue weighted by Gasteiger charge is 2.39. The largest absolute Gasteiger partial charge is 0.346 e. The van der Waals surface area contributed by atoms with Crippen LogP contribution in [0.3, 0.4) is 0 Å². The summed E-state index contributed by atoms with van der Waals surface area (Å²) < 4.78 is 8.94. The average molecular weight is 1050 g/mol. The lowest BCUT2D eigenvalue weighted by Gasteiger charge is -2.43. The van der Waals surface area contributed by atoms with E-state index in [0.29, 0.717) is 11.0 Å². The second-order valence-corrected chi connectivity index (χ2v) is 28.7. The lowest BCUT2D eigenvalue weighted by molar-refractivity contribution is 0.0582. The maximum Gasteiger partial charge on any atom is 0.114 e. The zero-order valence-electron chi connectivity index (χ0n) is 58.5. The molecule has 1 fully saturated rings. The first kappa shape index (κ1) is 80.7. The first-order valence-corrected chi connectivity index (χ1v) is 29.7. The molecule has 0 N–H and O–H groups in total. The van der Waals surface area contributed by atoms with E-state index in [1.807, 2.05) is 94.2 Å². The Labute approximate surface area is 471 Å². The van der Waals surface area contributed by atoms with E-state index in [2.05, 4.69) is 277 Å². The highest BCUT2D eigenvalue weighted by atomic mass is 15.3. The van der Waals surface area contributed by atoms with Crippen LogP contribution in [0.15, 0.2) is 55.5 Å². The van der Waals surface area contributed by atoms with Crippen molar-refractivity contribution < 1.29 is 0 Å². The van der Waals surface area contributed by atoms with Gasteiger partial charge < -0.3 is 13.7 Å². The van der Waals surface area contributed by atoms with Gasteiger partial charge in [0.15, 0.2) is 0 Å². The average Bonchev–Trinajstić information content (AvgIpc) is 4.10. The van der Waals surface area contributed by atoms with Crippen molar-refractivity contribution in [3.05, 3.63) is 78.4 Å². The van der Waals surface area contributed by atoms with Gasteiger partial charge in [-0.05, 0) is 147 Å². The van der Waals surface area contributed by atoms with Crippen LogP contribution in [0.2, 0.25) is 0 Å². The molecule has 1 aliphatic heterocycles. The first-order chi connectivity index (χ1) is 33.6. The number of rotatable bonds is 0. The molecule has 4 aromatic heterocycles. The zero-order chi connectivity index (χ0) is 61.4. The highest BCUT2D eigenvalue weighted by molar-refractivity contribution is 5.18. The van der Waals surface area contributed by atoms with Gasteiger partial charge in [0.25, 0.3) is 0 Å². The molecule has 5 rings (SSSR count). The summed E-state index contributed by atoms with van der Waals surface area (Å²) in [5, 5.41) is 4.37. The van der Waals surface area contributed by atoms with E-state index < -0.39 is 0 Å². The topological polar surface area (TPSA) is 61.6 Å². The number of nitrogens with zero attached hydrogens (tertiary/aromatic N) is 8. The molecule has 0 radical (unpaired) electrons. The summed E-state index contributed by atoms with van der Waals surface area (Å²) in [5.74, 6) is 1.15. The van der Waals surface area contributed by atoms with E-state index in [0.717, 1.165) is 11.9 Å². The summed E-state index contributed by atoms with van der Waals surface area (Å²) >= 11 is 0. The van der Waals surface area contributed by atoms with Crippen molar-refractivity contribution in [2.75, 3.05) is 6.54 Å². The Balaban J connectivity index is -0.000000261. The van der Waals surface area contributed by atoms with Crippen LogP contribution in [-0.2, 0) is 43.8 Å². The van der Waals surface area contributed by atoms with Crippen molar-refractivity contribution in [2.45, 2.75) is 345 Å². The molecular formula is C67H136N8. The third kappa shape index (κ3) is 29.4. The van der Waals surface area contributed by atoms with Crippen molar-refractivity contribution in [1.82, 2.24) is 38.3 Å². The molecule has 0 bridgehead atoms. The second-order valence-electron chi connectivity index (χ2n) is 28.7. The van der Waals surface area contributed by atoms with E-state index in [1.54, 1.807) is 0 Å². The third-order valence-electron chi connectivity index (χ3n) is 11.6. The Bertz CT molecular complexity index is 1590. The monoisotopic (exact) mass is 1050 g/mol. The smallest absolute Gasteiger partial charge is 0.114 e. The molecule has 8 nitrogen and oxygen atoms in total. The molecule has 444 valence electrons. The van der Waals surface area contributed by atoms with E-state index in [-0.39, 0.29) is 43.8 Å². The fourth-order valence-electron chi connectivity index (χ4n) is 8.24. The van der Waals surface area contributed by atoms with E-state index in [4.69, 9.17) is 0 Å². The van der Waals surface area contributed by atoms with Gasteiger partial charge in [-0.15, -0.1) is 0 Å². The Morgan fingerprint density at radius 1 is 0.413 bits per heavy atom. The van der Waals surface area contributed by atoms with Crippen molar-refractivity contribution in [1.29, 1.82) is 0 Å². The summed E-state index contributed by atoms with van der Waals surface area (Å²) in [6.07, 6.45) is 14.6. The van der Waals surface area contributed by atoms with Crippen LogP contribution in [-0.4, -0.2) is 56.5 Å².